The highest BCUT2D eigenvalue weighted by Gasteiger charge is 2.20. The highest BCUT2D eigenvalue weighted by atomic mass is 16.2. The fourth-order valence-electron chi connectivity index (χ4n) is 2.88. The maximum Gasteiger partial charge on any atom is 0.246 e. The van der Waals surface area contributed by atoms with Gasteiger partial charge in [-0.15, -0.1) is 0 Å². The SMILES string of the molecule is CCC(Nc1ncnc2nc[nH]c12)C(=O)Nc1cccnc1Nc1ccccc1. The Morgan fingerprint density at radius 2 is 1.90 bits per heavy atom. The molecule has 1 atom stereocenters. The minimum atomic E-state index is -0.499. The molecule has 1 aromatic carbocycles. The number of amides is 1. The largest absolute Gasteiger partial charge is 0.356 e. The van der Waals surface area contributed by atoms with Crippen molar-refractivity contribution in [3.05, 3.63) is 61.3 Å². The topological polar surface area (TPSA) is 121 Å². The van der Waals surface area contributed by atoms with Gasteiger partial charge in [0.25, 0.3) is 0 Å². The maximum absolute atomic E-state index is 12.9. The molecule has 0 spiro atoms. The average Bonchev–Trinajstić information content (AvgIpc) is 3.24. The number of para-hydroxylation sites is 1. The summed E-state index contributed by atoms with van der Waals surface area (Å²) in [6.45, 7) is 1.93. The molecule has 3 aromatic heterocycles. The molecule has 0 aliphatic carbocycles. The predicted octanol–water partition coefficient (Wildman–Crippen LogP) is 3.32. The fraction of sp³-hybridized carbons (Fsp3) is 0.150. The first-order chi connectivity index (χ1) is 14.2. The number of benzene rings is 1. The minimum absolute atomic E-state index is 0.192. The molecule has 9 heteroatoms. The number of nitrogens with one attached hydrogen (secondary N) is 4. The van der Waals surface area contributed by atoms with Crippen molar-refractivity contribution >= 4 is 40.1 Å². The molecule has 0 saturated carbocycles. The van der Waals surface area contributed by atoms with E-state index in [1.165, 1.54) is 6.33 Å². The summed E-state index contributed by atoms with van der Waals surface area (Å²) in [5.74, 6) is 0.908. The van der Waals surface area contributed by atoms with E-state index < -0.39 is 6.04 Å². The van der Waals surface area contributed by atoms with Crippen LogP contribution in [-0.2, 0) is 4.79 Å². The first kappa shape index (κ1) is 18.4. The Morgan fingerprint density at radius 3 is 2.72 bits per heavy atom. The van der Waals surface area contributed by atoms with Gasteiger partial charge in [0.05, 0.1) is 12.0 Å². The van der Waals surface area contributed by atoms with Gasteiger partial charge < -0.3 is 20.9 Å². The summed E-state index contributed by atoms with van der Waals surface area (Å²) in [7, 11) is 0. The number of pyridine rings is 1. The second kappa shape index (κ2) is 8.34. The molecule has 0 aliphatic heterocycles. The van der Waals surface area contributed by atoms with E-state index in [2.05, 4.69) is 40.9 Å². The standard InChI is InChI=1S/C20H20N8O/c1-2-14(27-19-16-18(23-11-22-16)24-12-25-19)20(29)28-15-9-6-10-21-17(15)26-13-7-4-3-5-8-13/h3-12,14H,2H2,1H3,(H,21,26)(H,28,29)(H2,22,23,24,25,27). The van der Waals surface area contributed by atoms with Crippen molar-refractivity contribution < 1.29 is 4.79 Å². The van der Waals surface area contributed by atoms with Crippen molar-refractivity contribution in [2.24, 2.45) is 0 Å². The first-order valence-corrected chi connectivity index (χ1v) is 9.23. The third kappa shape index (κ3) is 4.13. The van der Waals surface area contributed by atoms with E-state index in [9.17, 15) is 4.79 Å². The number of imidazole rings is 1. The van der Waals surface area contributed by atoms with Crippen LogP contribution in [0.2, 0.25) is 0 Å². The Bertz CT molecular complexity index is 1110. The molecule has 29 heavy (non-hydrogen) atoms. The summed E-state index contributed by atoms with van der Waals surface area (Å²) >= 11 is 0. The zero-order valence-electron chi connectivity index (χ0n) is 15.8. The first-order valence-electron chi connectivity index (χ1n) is 9.23. The summed E-state index contributed by atoms with van der Waals surface area (Å²) in [6, 6.07) is 12.7. The molecular weight excluding hydrogens is 368 g/mol. The van der Waals surface area contributed by atoms with Crippen molar-refractivity contribution in [2.75, 3.05) is 16.0 Å². The van der Waals surface area contributed by atoms with Crippen LogP contribution < -0.4 is 16.0 Å². The molecular formula is C20H20N8O. The molecule has 0 fully saturated rings. The number of hydrogen-bond acceptors (Lipinski definition) is 7. The number of fused-ring (bicyclic) bond motifs is 1. The molecule has 4 rings (SSSR count). The second-order valence-electron chi connectivity index (χ2n) is 6.31. The van der Waals surface area contributed by atoms with E-state index in [4.69, 9.17) is 0 Å². The summed E-state index contributed by atoms with van der Waals surface area (Å²) in [6.07, 6.45) is 5.20. The molecule has 0 bridgehead atoms. The van der Waals surface area contributed by atoms with Gasteiger partial charge in [-0.1, -0.05) is 25.1 Å². The number of H-pyrrole nitrogens is 1. The molecule has 0 saturated heterocycles. The summed E-state index contributed by atoms with van der Waals surface area (Å²) in [5.41, 5.74) is 2.68. The molecule has 0 aliphatic rings. The van der Waals surface area contributed by atoms with Crippen LogP contribution in [0.4, 0.5) is 23.0 Å². The fourth-order valence-corrected chi connectivity index (χ4v) is 2.88. The molecule has 3 heterocycles. The highest BCUT2D eigenvalue weighted by Crippen LogP contribution is 2.23. The Morgan fingerprint density at radius 1 is 1.03 bits per heavy atom. The Kier molecular flexibility index (Phi) is 5.28. The summed E-state index contributed by atoms with van der Waals surface area (Å²) < 4.78 is 0. The number of aromatic amines is 1. The summed E-state index contributed by atoms with van der Waals surface area (Å²) in [4.78, 5) is 32.7. The summed E-state index contributed by atoms with van der Waals surface area (Å²) in [5, 5.41) is 9.35. The van der Waals surface area contributed by atoms with Crippen LogP contribution >= 0.6 is 0 Å². The van der Waals surface area contributed by atoms with E-state index >= 15 is 0 Å². The average molecular weight is 388 g/mol. The van der Waals surface area contributed by atoms with Crippen LogP contribution in [-0.4, -0.2) is 36.9 Å². The van der Waals surface area contributed by atoms with Gasteiger partial charge in [0, 0.05) is 11.9 Å². The van der Waals surface area contributed by atoms with Crippen LogP contribution in [0.15, 0.2) is 61.3 Å². The number of anilines is 4. The van der Waals surface area contributed by atoms with Crippen LogP contribution in [0.25, 0.3) is 11.2 Å². The third-order valence-corrected chi connectivity index (χ3v) is 4.36. The lowest BCUT2D eigenvalue weighted by atomic mass is 10.2. The van der Waals surface area contributed by atoms with Crippen LogP contribution in [0.3, 0.4) is 0 Å². The molecule has 146 valence electrons. The third-order valence-electron chi connectivity index (χ3n) is 4.36. The van der Waals surface area contributed by atoms with Crippen molar-refractivity contribution in [2.45, 2.75) is 19.4 Å². The smallest absolute Gasteiger partial charge is 0.246 e. The lowest BCUT2D eigenvalue weighted by Gasteiger charge is -2.19. The number of aromatic nitrogens is 5. The lowest BCUT2D eigenvalue weighted by molar-refractivity contribution is -0.117. The van der Waals surface area contributed by atoms with Gasteiger partial charge >= 0.3 is 0 Å². The van der Waals surface area contributed by atoms with E-state index in [0.717, 1.165) is 5.69 Å². The quantitative estimate of drug-likeness (QED) is 0.383. The van der Waals surface area contributed by atoms with Crippen molar-refractivity contribution in [3.8, 4) is 0 Å². The number of hydrogen-bond donors (Lipinski definition) is 4. The number of carbonyl (C=O) groups is 1. The lowest BCUT2D eigenvalue weighted by Crippen LogP contribution is -2.34. The predicted molar refractivity (Wildman–Crippen MR) is 112 cm³/mol. The van der Waals surface area contributed by atoms with Gasteiger partial charge in [0.15, 0.2) is 17.3 Å². The molecule has 1 unspecified atom stereocenters. The van der Waals surface area contributed by atoms with Gasteiger partial charge in [0.2, 0.25) is 5.91 Å². The second-order valence-corrected chi connectivity index (χ2v) is 6.31. The number of nitrogens with zero attached hydrogens (tertiary/aromatic N) is 4. The zero-order valence-corrected chi connectivity index (χ0v) is 15.8. The zero-order chi connectivity index (χ0) is 20.1. The van der Waals surface area contributed by atoms with Crippen LogP contribution in [0.5, 0.6) is 0 Å². The van der Waals surface area contributed by atoms with E-state index in [1.54, 1.807) is 24.7 Å². The number of carbonyl (C=O) groups excluding carboxylic acids is 1. The van der Waals surface area contributed by atoms with E-state index in [1.807, 2.05) is 37.3 Å². The van der Waals surface area contributed by atoms with Crippen molar-refractivity contribution in [1.82, 2.24) is 24.9 Å². The Balaban J connectivity index is 1.51. The monoisotopic (exact) mass is 388 g/mol. The van der Waals surface area contributed by atoms with Gasteiger partial charge in [-0.2, -0.15) is 0 Å². The van der Waals surface area contributed by atoms with E-state index in [-0.39, 0.29) is 5.91 Å². The van der Waals surface area contributed by atoms with E-state index in [0.29, 0.717) is 34.9 Å². The Hall–Kier alpha value is -4.01. The van der Waals surface area contributed by atoms with Gasteiger partial charge in [0.1, 0.15) is 17.9 Å². The van der Waals surface area contributed by atoms with Gasteiger partial charge in [-0.05, 0) is 30.7 Å². The highest BCUT2D eigenvalue weighted by molar-refractivity contribution is 5.99. The minimum Gasteiger partial charge on any atom is -0.356 e. The normalized spacial score (nSPS) is 11.8. The number of rotatable bonds is 7. The van der Waals surface area contributed by atoms with Gasteiger partial charge in [-0.3, -0.25) is 4.79 Å². The molecule has 4 aromatic rings. The van der Waals surface area contributed by atoms with Crippen molar-refractivity contribution in [1.29, 1.82) is 0 Å². The Labute approximate surface area is 167 Å². The maximum atomic E-state index is 12.9. The van der Waals surface area contributed by atoms with Crippen molar-refractivity contribution in [3.63, 3.8) is 0 Å². The molecule has 1 amide bonds. The van der Waals surface area contributed by atoms with Gasteiger partial charge in [-0.25, -0.2) is 19.9 Å². The molecule has 4 N–H and O–H groups in total. The molecule has 9 nitrogen and oxygen atoms in total. The molecule has 0 radical (unpaired) electrons. The van der Waals surface area contributed by atoms with Crippen LogP contribution in [0.1, 0.15) is 13.3 Å². The van der Waals surface area contributed by atoms with Crippen LogP contribution in [0, 0.1) is 0 Å².